The molecule has 0 N–H and O–H groups in total. The van der Waals surface area contributed by atoms with E-state index in [-0.39, 0.29) is 0 Å². The van der Waals surface area contributed by atoms with Crippen molar-refractivity contribution in [3.63, 3.8) is 0 Å². The van der Waals surface area contributed by atoms with E-state index in [1.807, 2.05) is 0 Å². The zero-order valence-corrected chi connectivity index (χ0v) is 14.1. The maximum Gasteiger partial charge on any atom is 0.134 e. The second kappa shape index (κ2) is 5.49. The van der Waals surface area contributed by atoms with E-state index in [1.165, 1.54) is 38.8 Å². The number of methoxy groups -OCH3 is 1. The van der Waals surface area contributed by atoms with Gasteiger partial charge in [-0.1, -0.05) is 78.9 Å². The van der Waals surface area contributed by atoms with Crippen molar-refractivity contribution in [3.05, 3.63) is 90.0 Å². The monoisotopic (exact) mass is 322 g/mol. The predicted molar refractivity (Wildman–Crippen MR) is 104 cm³/mol. The van der Waals surface area contributed by atoms with Crippen molar-refractivity contribution < 1.29 is 4.74 Å². The summed E-state index contributed by atoms with van der Waals surface area (Å²) in [6, 6.07) is 28.1. The third-order valence-corrected chi connectivity index (χ3v) is 5.22. The Morgan fingerprint density at radius 2 is 1.36 bits per heavy atom. The summed E-state index contributed by atoms with van der Waals surface area (Å²) in [5.41, 5.74) is 7.96. The first-order valence-corrected chi connectivity index (χ1v) is 8.63. The maximum atomic E-state index is 5.85. The first-order valence-electron chi connectivity index (χ1n) is 8.63. The highest BCUT2D eigenvalue weighted by Crippen LogP contribution is 2.45. The van der Waals surface area contributed by atoms with E-state index >= 15 is 0 Å². The fraction of sp³-hybridized carbons (Fsp3) is 0.0833. The molecular weight excluding hydrogens is 304 g/mol. The summed E-state index contributed by atoms with van der Waals surface area (Å²) in [6.07, 6.45) is 0.984. The maximum absolute atomic E-state index is 5.85. The van der Waals surface area contributed by atoms with Gasteiger partial charge in [-0.25, -0.2) is 0 Å². The van der Waals surface area contributed by atoms with Crippen molar-refractivity contribution in [2.45, 2.75) is 6.42 Å². The third-order valence-electron chi connectivity index (χ3n) is 5.22. The molecule has 0 bridgehead atoms. The lowest BCUT2D eigenvalue weighted by Gasteiger charge is -2.15. The van der Waals surface area contributed by atoms with Crippen LogP contribution in [0.25, 0.3) is 33.0 Å². The van der Waals surface area contributed by atoms with Crippen molar-refractivity contribution in [1.82, 2.24) is 0 Å². The van der Waals surface area contributed by atoms with Gasteiger partial charge in [0.25, 0.3) is 0 Å². The number of hydrogen-bond acceptors (Lipinski definition) is 1. The van der Waals surface area contributed by atoms with E-state index < -0.39 is 0 Å². The van der Waals surface area contributed by atoms with Crippen LogP contribution < -0.4 is 4.74 Å². The van der Waals surface area contributed by atoms with E-state index in [4.69, 9.17) is 4.74 Å². The number of fused-ring (bicyclic) bond motifs is 4. The average molecular weight is 322 g/mol. The highest BCUT2D eigenvalue weighted by molar-refractivity contribution is 5.97. The molecule has 4 aromatic carbocycles. The van der Waals surface area contributed by atoms with Gasteiger partial charge >= 0.3 is 0 Å². The van der Waals surface area contributed by atoms with Gasteiger partial charge in [-0.05, 0) is 39.6 Å². The van der Waals surface area contributed by atoms with Crippen LogP contribution in [0.3, 0.4) is 0 Å². The molecule has 1 aliphatic carbocycles. The molecule has 0 heterocycles. The van der Waals surface area contributed by atoms with E-state index in [0.29, 0.717) is 0 Å². The summed E-state index contributed by atoms with van der Waals surface area (Å²) in [4.78, 5) is 0. The second-order valence-electron chi connectivity index (χ2n) is 6.53. The summed E-state index contributed by atoms with van der Waals surface area (Å²) in [5.74, 6) is 0.961. The molecule has 0 saturated carbocycles. The Morgan fingerprint density at radius 1 is 0.640 bits per heavy atom. The van der Waals surface area contributed by atoms with Crippen LogP contribution in [0.5, 0.6) is 5.75 Å². The normalized spacial score (nSPS) is 12.0. The Labute approximate surface area is 147 Å². The molecule has 4 aromatic rings. The number of rotatable bonds is 2. The van der Waals surface area contributed by atoms with Crippen molar-refractivity contribution in [1.29, 1.82) is 0 Å². The molecule has 5 rings (SSSR count). The Balaban J connectivity index is 1.78. The lowest BCUT2D eigenvalue weighted by atomic mass is 9.93. The predicted octanol–water partition coefficient (Wildman–Crippen LogP) is 6.09. The van der Waals surface area contributed by atoms with Gasteiger partial charge in [-0.2, -0.15) is 0 Å². The van der Waals surface area contributed by atoms with Crippen LogP contribution in [0.1, 0.15) is 11.1 Å². The van der Waals surface area contributed by atoms with Gasteiger partial charge in [0, 0.05) is 10.9 Å². The summed E-state index contributed by atoms with van der Waals surface area (Å²) in [5, 5.41) is 2.37. The first-order chi connectivity index (χ1) is 12.4. The minimum absolute atomic E-state index is 0.961. The van der Waals surface area contributed by atoms with Crippen LogP contribution in [0.2, 0.25) is 0 Å². The SMILES string of the molecule is COc1c(-c2cccc3c2Cc2ccccc2-3)ccc2ccccc12. The Morgan fingerprint density at radius 3 is 2.24 bits per heavy atom. The summed E-state index contributed by atoms with van der Waals surface area (Å²) < 4.78 is 5.85. The Kier molecular flexibility index (Phi) is 3.14. The van der Waals surface area contributed by atoms with E-state index in [9.17, 15) is 0 Å². The topological polar surface area (TPSA) is 9.23 Å². The van der Waals surface area contributed by atoms with Crippen LogP contribution in [0.15, 0.2) is 78.9 Å². The Hall–Kier alpha value is -3.06. The molecule has 1 nitrogen and oxygen atoms in total. The van der Waals surface area contributed by atoms with Crippen LogP contribution >= 0.6 is 0 Å². The quantitative estimate of drug-likeness (QED) is 0.382. The summed E-state index contributed by atoms with van der Waals surface area (Å²) in [7, 11) is 1.77. The molecule has 0 amide bonds. The largest absolute Gasteiger partial charge is 0.495 e. The Bertz CT molecular complexity index is 1110. The molecule has 0 fully saturated rings. The van der Waals surface area contributed by atoms with Gasteiger partial charge < -0.3 is 4.74 Å². The third kappa shape index (κ3) is 2.09. The van der Waals surface area contributed by atoms with Crippen LogP contribution in [0, 0.1) is 0 Å². The van der Waals surface area contributed by atoms with Gasteiger partial charge in [0.2, 0.25) is 0 Å². The van der Waals surface area contributed by atoms with Crippen LogP contribution in [0.4, 0.5) is 0 Å². The standard InChI is InChI=1S/C24H18O/c1-25-24-19-10-5-2-7-16(19)13-14-22(24)21-12-6-11-20-18-9-4-3-8-17(18)15-23(20)21/h2-14H,15H2,1H3. The molecule has 1 heteroatoms. The highest BCUT2D eigenvalue weighted by atomic mass is 16.5. The molecule has 120 valence electrons. The number of benzene rings is 4. The van der Waals surface area contributed by atoms with Gasteiger partial charge in [0.1, 0.15) is 5.75 Å². The fourth-order valence-corrected chi connectivity index (χ4v) is 4.08. The van der Waals surface area contributed by atoms with Gasteiger partial charge in [-0.3, -0.25) is 0 Å². The summed E-state index contributed by atoms with van der Waals surface area (Å²) >= 11 is 0. The van der Waals surface area contributed by atoms with Crippen LogP contribution in [-0.2, 0) is 6.42 Å². The smallest absolute Gasteiger partial charge is 0.134 e. The van der Waals surface area contributed by atoms with E-state index in [2.05, 4.69) is 78.9 Å². The minimum Gasteiger partial charge on any atom is -0.495 e. The minimum atomic E-state index is 0.961. The fourth-order valence-electron chi connectivity index (χ4n) is 4.08. The van der Waals surface area contributed by atoms with E-state index in [0.717, 1.165) is 17.6 Å². The van der Waals surface area contributed by atoms with E-state index in [1.54, 1.807) is 7.11 Å². The lowest BCUT2D eigenvalue weighted by Crippen LogP contribution is -1.93. The van der Waals surface area contributed by atoms with Crippen LogP contribution in [-0.4, -0.2) is 7.11 Å². The molecule has 0 unspecified atom stereocenters. The average Bonchev–Trinajstić information content (AvgIpc) is 3.06. The molecule has 25 heavy (non-hydrogen) atoms. The first kappa shape index (κ1) is 14.3. The zero-order valence-electron chi connectivity index (χ0n) is 14.1. The molecule has 0 radical (unpaired) electrons. The van der Waals surface area contributed by atoms with Gasteiger partial charge in [-0.15, -0.1) is 0 Å². The lowest BCUT2D eigenvalue weighted by molar-refractivity contribution is 0.421. The molecule has 0 aromatic heterocycles. The van der Waals surface area contributed by atoms with Gasteiger partial charge in [0.15, 0.2) is 0 Å². The molecule has 1 aliphatic rings. The highest BCUT2D eigenvalue weighted by Gasteiger charge is 2.22. The molecule has 0 spiro atoms. The van der Waals surface area contributed by atoms with Crippen molar-refractivity contribution in [3.8, 4) is 28.0 Å². The van der Waals surface area contributed by atoms with Crippen molar-refractivity contribution >= 4 is 10.8 Å². The molecule has 0 atom stereocenters. The summed E-state index contributed by atoms with van der Waals surface area (Å²) in [6.45, 7) is 0. The number of ether oxygens (including phenoxy) is 1. The van der Waals surface area contributed by atoms with Crippen molar-refractivity contribution in [2.24, 2.45) is 0 Å². The zero-order chi connectivity index (χ0) is 16.8. The molecule has 0 aliphatic heterocycles. The molecular formula is C24H18O. The van der Waals surface area contributed by atoms with Crippen molar-refractivity contribution in [2.75, 3.05) is 7.11 Å². The van der Waals surface area contributed by atoms with Gasteiger partial charge in [0.05, 0.1) is 7.11 Å². The second-order valence-corrected chi connectivity index (χ2v) is 6.53. The number of hydrogen-bond donors (Lipinski definition) is 0. The molecule has 0 saturated heterocycles.